The van der Waals surface area contributed by atoms with Gasteiger partial charge in [-0.05, 0) is 24.8 Å². The molecular formula is C19H23N4O2+. The molecule has 25 heavy (non-hydrogen) atoms. The van der Waals surface area contributed by atoms with Crippen LogP contribution >= 0.6 is 0 Å². The minimum atomic E-state index is 0.100. The number of fused-ring (bicyclic) bond motifs is 3. The second-order valence-electron chi connectivity index (χ2n) is 6.34. The Morgan fingerprint density at radius 1 is 1.32 bits per heavy atom. The average Bonchev–Trinajstić information content (AvgIpc) is 3.02. The normalized spacial score (nSPS) is 23.5. The van der Waals surface area contributed by atoms with Crippen LogP contribution in [0.3, 0.4) is 0 Å². The first-order chi connectivity index (χ1) is 12.2. The molecule has 3 aliphatic rings. The Balaban J connectivity index is 2.08. The lowest BCUT2D eigenvalue weighted by atomic mass is 9.91. The topological polar surface area (TPSA) is 56.3 Å². The Morgan fingerprint density at radius 2 is 2.20 bits per heavy atom. The lowest BCUT2D eigenvalue weighted by molar-refractivity contribution is -0.962. The Labute approximate surface area is 147 Å². The van der Waals surface area contributed by atoms with Crippen LogP contribution in [0.2, 0.25) is 0 Å². The number of allylic oxidation sites excluding steroid dienone is 3. The van der Waals surface area contributed by atoms with Crippen LogP contribution in [0.5, 0.6) is 0 Å². The Hall–Kier alpha value is -2.44. The van der Waals surface area contributed by atoms with Gasteiger partial charge in [-0.3, -0.25) is 0 Å². The Kier molecular flexibility index (Phi) is 3.94. The summed E-state index contributed by atoms with van der Waals surface area (Å²) in [5, 5.41) is 14.0. The monoisotopic (exact) mass is 339 g/mol. The fourth-order valence-electron chi connectivity index (χ4n) is 3.76. The summed E-state index contributed by atoms with van der Waals surface area (Å²) in [6.07, 6.45) is 13.4. The molecule has 1 aromatic heterocycles. The summed E-state index contributed by atoms with van der Waals surface area (Å²) in [7, 11) is 3.39. The van der Waals surface area contributed by atoms with Crippen LogP contribution in [-0.2, 0) is 9.57 Å². The maximum absolute atomic E-state index is 6.00. The molecule has 1 aliphatic carbocycles. The van der Waals surface area contributed by atoms with Gasteiger partial charge in [0.1, 0.15) is 0 Å². The van der Waals surface area contributed by atoms with E-state index in [4.69, 9.17) is 9.57 Å². The molecule has 1 aromatic rings. The standard InChI is InChI=1S/C19H23N4O2/c1-4-9-20-19-17-14(11-21-22-19)12-23(25-3)16(24-2)10-13-7-5-6-8-15(13)18(17)23/h6,8,10-12H,4-5,7,9H2,1-3H3,(H,20,22)/q+1. The maximum atomic E-state index is 6.00. The van der Waals surface area contributed by atoms with Crippen LogP contribution in [0, 0.1) is 0 Å². The summed E-state index contributed by atoms with van der Waals surface area (Å²) in [5.41, 5.74) is 3.52. The fraction of sp³-hybridized carbons (Fsp3) is 0.368. The number of aromatic nitrogens is 2. The molecule has 0 saturated carbocycles. The maximum Gasteiger partial charge on any atom is 0.335 e. The Morgan fingerprint density at radius 3 is 2.96 bits per heavy atom. The summed E-state index contributed by atoms with van der Waals surface area (Å²) < 4.78 is 5.84. The van der Waals surface area contributed by atoms with Crippen molar-refractivity contribution in [3.05, 3.63) is 51.9 Å². The molecule has 4 rings (SSSR count). The molecule has 0 spiro atoms. The van der Waals surface area contributed by atoms with Crippen molar-refractivity contribution >= 4 is 17.7 Å². The lowest BCUT2D eigenvalue weighted by Gasteiger charge is -2.34. The van der Waals surface area contributed by atoms with Crippen LogP contribution in [-0.4, -0.2) is 35.6 Å². The smallest absolute Gasteiger partial charge is 0.335 e. The van der Waals surface area contributed by atoms with E-state index in [9.17, 15) is 0 Å². The van der Waals surface area contributed by atoms with Crippen molar-refractivity contribution in [2.45, 2.75) is 26.2 Å². The van der Waals surface area contributed by atoms with Crippen molar-refractivity contribution in [2.24, 2.45) is 0 Å². The number of hydrogen-bond donors (Lipinski definition) is 1. The van der Waals surface area contributed by atoms with Gasteiger partial charge >= 0.3 is 5.88 Å². The lowest BCUT2D eigenvalue weighted by Crippen LogP contribution is -2.42. The summed E-state index contributed by atoms with van der Waals surface area (Å²) >= 11 is 0. The predicted octanol–water partition coefficient (Wildman–Crippen LogP) is 1.68. The molecule has 3 heterocycles. The van der Waals surface area contributed by atoms with E-state index in [0.29, 0.717) is 0 Å². The number of nitrogens with one attached hydrogen (secondary N) is 1. The van der Waals surface area contributed by atoms with Crippen LogP contribution < -0.4 is 15.8 Å². The van der Waals surface area contributed by atoms with Gasteiger partial charge in [-0.1, -0.05) is 23.7 Å². The average molecular weight is 339 g/mol. The molecule has 0 fully saturated rings. The van der Waals surface area contributed by atoms with Crippen LogP contribution in [0.4, 0.5) is 5.82 Å². The highest BCUT2D eigenvalue weighted by atomic mass is 16.7. The summed E-state index contributed by atoms with van der Waals surface area (Å²) in [5.74, 6) is 1.55. The van der Waals surface area contributed by atoms with Crippen molar-refractivity contribution in [3.63, 3.8) is 0 Å². The minimum absolute atomic E-state index is 0.100. The zero-order chi connectivity index (χ0) is 17.4. The Bertz CT molecular complexity index is 929. The van der Waals surface area contributed by atoms with E-state index < -0.39 is 0 Å². The van der Waals surface area contributed by atoms with E-state index in [-0.39, 0.29) is 4.65 Å². The number of anilines is 1. The van der Waals surface area contributed by atoms with E-state index in [2.05, 4.69) is 40.7 Å². The van der Waals surface area contributed by atoms with E-state index in [1.165, 1.54) is 11.1 Å². The molecule has 6 heteroatoms. The molecule has 0 saturated heterocycles. The van der Waals surface area contributed by atoms with Gasteiger partial charge in [-0.25, -0.2) is 0 Å². The van der Waals surface area contributed by atoms with E-state index in [0.717, 1.165) is 53.6 Å². The van der Waals surface area contributed by atoms with E-state index >= 15 is 0 Å². The van der Waals surface area contributed by atoms with Gasteiger partial charge < -0.3 is 10.1 Å². The van der Waals surface area contributed by atoms with E-state index in [1.54, 1.807) is 20.4 Å². The predicted molar refractivity (Wildman–Crippen MR) is 95.7 cm³/mol. The van der Waals surface area contributed by atoms with Crippen LogP contribution in [0.1, 0.15) is 26.2 Å². The number of ether oxygens (including phenoxy) is 1. The molecule has 0 aromatic carbocycles. The second kappa shape index (κ2) is 6.13. The first-order valence-corrected chi connectivity index (χ1v) is 8.69. The SMILES string of the molecule is CCCNc1nncc2c1=C1C3=C(C=C(OC)[N+]1(OC)C=2)CCC=C3. The van der Waals surface area contributed by atoms with Crippen LogP contribution in [0.15, 0.2) is 41.5 Å². The molecule has 1 atom stereocenters. The number of nitrogens with zero attached hydrogens (tertiary/aromatic N) is 3. The van der Waals surface area contributed by atoms with Crippen molar-refractivity contribution in [1.29, 1.82) is 0 Å². The third-order valence-corrected chi connectivity index (χ3v) is 4.90. The number of rotatable bonds is 5. The van der Waals surface area contributed by atoms with Crippen molar-refractivity contribution in [1.82, 2.24) is 10.2 Å². The molecule has 130 valence electrons. The zero-order valence-electron chi connectivity index (χ0n) is 14.9. The van der Waals surface area contributed by atoms with Gasteiger partial charge in [-0.2, -0.15) is 9.94 Å². The number of hydroxylamine groups is 3. The van der Waals surface area contributed by atoms with Gasteiger partial charge in [0.15, 0.2) is 17.7 Å². The number of methoxy groups -OCH3 is 1. The summed E-state index contributed by atoms with van der Waals surface area (Å²) in [4.78, 5) is 6.00. The molecule has 0 radical (unpaired) electrons. The van der Waals surface area contributed by atoms with Crippen molar-refractivity contribution in [3.8, 4) is 0 Å². The fourth-order valence-corrected chi connectivity index (χ4v) is 3.76. The highest BCUT2D eigenvalue weighted by Crippen LogP contribution is 2.43. The van der Waals surface area contributed by atoms with Gasteiger partial charge in [-0.15, -0.1) is 5.10 Å². The van der Waals surface area contributed by atoms with Gasteiger partial charge in [0.2, 0.25) is 0 Å². The first kappa shape index (κ1) is 16.1. The number of hydrogen-bond acceptors (Lipinski definition) is 5. The molecule has 1 unspecified atom stereocenters. The summed E-state index contributed by atoms with van der Waals surface area (Å²) in [6, 6.07) is 0. The number of quaternary nitrogens is 1. The first-order valence-electron chi connectivity index (χ1n) is 8.69. The third kappa shape index (κ3) is 2.25. The van der Waals surface area contributed by atoms with Crippen molar-refractivity contribution in [2.75, 3.05) is 26.1 Å². The third-order valence-electron chi connectivity index (χ3n) is 4.90. The van der Waals surface area contributed by atoms with Gasteiger partial charge in [0, 0.05) is 18.2 Å². The second-order valence-corrected chi connectivity index (χ2v) is 6.34. The van der Waals surface area contributed by atoms with Gasteiger partial charge in [0.05, 0.1) is 30.9 Å². The largest absolute Gasteiger partial charge is 0.452 e. The van der Waals surface area contributed by atoms with Crippen LogP contribution in [0.25, 0.3) is 11.9 Å². The molecule has 1 N–H and O–H groups in total. The molecule has 6 nitrogen and oxygen atoms in total. The van der Waals surface area contributed by atoms with Crippen molar-refractivity contribution < 1.29 is 14.2 Å². The van der Waals surface area contributed by atoms with E-state index in [1.807, 2.05) is 6.20 Å². The highest BCUT2D eigenvalue weighted by molar-refractivity contribution is 5.74. The highest BCUT2D eigenvalue weighted by Gasteiger charge is 2.49. The summed E-state index contributed by atoms with van der Waals surface area (Å²) in [6.45, 7) is 2.98. The molecule has 0 bridgehead atoms. The minimum Gasteiger partial charge on any atom is -0.452 e. The van der Waals surface area contributed by atoms with Gasteiger partial charge in [0.25, 0.3) is 0 Å². The molecular weight excluding hydrogens is 316 g/mol. The zero-order valence-corrected chi connectivity index (χ0v) is 14.9. The molecule has 2 aliphatic heterocycles. The molecule has 0 amide bonds. The quantitative estimate of drug-likeness (QED) is 0.828.